The Bertz CT molecular complexity index is 336. The van der Waals surface area contributed by atoms with Crippen molar-refractivity contribution in [1.82, 2.24) is 0 Å². The van der Waals surface area contributed by atoms with Gasteiger partial charge in [-0.1, -0.05) is 44.2 Å². The molecule has 0 fully saturated rings. The van der Waals surface area contributed by atoms with Crippen LogP contribution in [0.1, 0.15) is 24.5 Å². The van der Waals surface area contributed by atoms with Crippen molar-refractivity contribution in [2.24, 2.45) is 0 Å². The Labute approximate surface area is 83.9 Å². The highest BCUT2D eigenvalue weighted by Crippen LogP contribution is 2.14. The highest BCUT2D eigenvalue weighted by Gasteiger charge is 2.05. The second-order valence-electron chi connectivity index (χ2n) is 3.23. The molecule has 1 rings (SSSR count). The largest absolute Gasteiger partial charge is 0.478 e. The maximum Gasteiger partial charge on any atom is 0.335 e. The summed E-state index contributed by atoms with van der Waals surface area (Å²) in [5, 5.41) is 8.71. The highest BCUT2D eigenvalue weighted by atomic mass is 16.4. The zero-order chi connectivity index (χ0) is 10.6. The molecule has 0 saturated heterocycles. The van der Waals surface area contributed by atoms with Gasteiger partial charge in [-0.25, -0.2) is 4.79 Å². The number of carboxylic acids is 1. The van der Waals surface area contributed by atoms with E-state index >= 15 is 0 Å². The Balaban J connectivity index is 2.83. The molecule has 2 nitrogen and oxygen atoms in total. The number of hydrogen-bond donors (Lipinski definition) is 1. The van der Waals surface area contributed by atoms with E-state index in [0.717, 1.165) is 12.8 Å². The van der Waals surface area contributed by atoms with Crippen LogP contribution in [0.5, 0.6) is 0 Å². The minimum Gasteiger partial charge on any atom is -0.478 e. The first-order valence-electron chi connectivity index (χ1n) is 4.66. The average molecular weight is 190 g/mol. The van der Waals surface area contributed by atoms with E-state index in [1.165, 1.54) is 5.56 Å². The van der Waals surface area contributed by atoms with Crippen molar-refractivity contribution >= 4 is 11.5 Å². The van der Waals surface area contributed by atoms with Gasteiger partial charge >= 0.3 is 5.97 Å². The molecule has 0 amide bonds. The fourth-order valence-corrected chi connectivity index (χ4v) is 1.28. The molecule has 0 aliphatic carbocycles. The van der Waals surface area contributed by atoms with Crippen LogP contribution in [0.2, 0.25) is 0 Å². The van der Waals surface area contributed by atoms with Crippen LogP contribution < -0.4 is 0 Å². The summed E-state index contributed by atoms with van der Waals surface area (Å²) in [4.78, 5) is 10.6. The summed E-state index contributed by atoms with van der Waals surface area (Å²) < 4.78 is 0. The van der Waals surface area contributed by atoms with E-state index in [1.54, 1.807) is 12.1 Å². The molecule has 0 spiro atoms. The van der Waals surface area contributed by atoms with E-state index in [9.17, 15) is 4.79 Å². The summed E-state index contributed by atoms with van der Waals surface area (Å²) in [6.45, 7) is 5.62. The van der Waals surface area contributed by atoms with Crippen LogP contribution in [0.4, 0.5) is 0 Å². The van der Waals surface area contributed by atoms with E-state index in [-0.39, 0.29) is 5.57 Å². The quantitative estimate of drug-likeness (QED) is 0.741. The van der Waals surface area contributed by atoms with E-state index in [4.69, 9.17) is 5.11 Å². The number of rotatable bonds is 4. The molecule has 0 aromatic heterocycles. The molecule has 0 radical (unpaired) electrons. The summed E-state index contributed by atoms with van der Waals surface area (Å²) in [7, 11) is 0. The van der Waals surface area contributed by atoms with Crippen molar-refractivity contribution in [2.45, 2.75) is 19.8 Å². The van der Waals surface area contributed by atoms with Crippen molar-refractivity contribution in [1.29, 1.82) is 0 Å². The van der Waals surface area contributed by atoms with Gasteiger partial charge < -0.3 is 5.11 Å². The second kappa shape index (κ2) is 4.61. The van der Waals surface area contributed by atoms with Gasteiger partial charge in [0.2, 0.25) is 0 Å². The van der Waals surface area contributed by atoms with E-state index in [0.29, 0.717) is 5.56 Å². The van der Waals surface area contributed by atoms with Crippen molar-refractivity contribution in [3.05, 3.63) is 42.0 Å². The predicted octanol–water partition coefficient (Wildman–Crippen LogP) is 2.74. The fourth-order valence-electron chi connectivity index (χ4n) is 1.28. The Morgan fingerprint density at radius 2 is 1.93 bits per heavy atom. The van der Waals surface area contributed by atoms with Gasteiger partial charge in [0.25, 0.3) is 0 Å². The number of hydrogen-bond acceptors (Lipinski definition) is 1. The van der Waals surface area contributed by atoms with Gasteiger partial charge in [0.05, 0.1) is 5.57 Å². The molecule has 14 heavy (non-hydrogen) atoms. The number of carboxylic acid groups (broad SMARTS) is 1. The van der Waals surface area contributed by atoms with Crippen LogP contribution in [0, 0.1) is 0 Å². The van der Waals surface area contributed by atoms with Crippen molar-refractivity contribution in [3.8, 4) is 0 Å². The summed E-state index contributed by atoms with van der Waals surface area (Å²) in [6.07, 6.45) is 2.12. The van der Waals surface area contributed by atoms with Gasteiger partial charge in [-0.2, -0.15) is 0 Å². The molecule has 1 aromatic carbocycles. The number of aryl methyl sites for hydroxylation is 1. The molecular weight excluding hydrogens is 176 g/mol. The minimum atomic E-state index is -0.965. The summed E-state index contributed by atoms with van der Waals surface area (Å²) >= 11 is 0. The highest BCUT2D eigenvalue weighted by molar-refractivity contribution is 6.14. The Hall–Kier alpha value is -1.57. The van der Waals surface area contributed by atoms with Crippen LogP contribution in [0.15, 0.2) is 30.8 Å². The summed E-state index contributed by atoms with van der Waals surface area (Å²) in [6, 6.07) is 7.52. The maximum atomic E-state index is 10.6. The smallest absolute Gasteiger partial charge is 0.335 e. The van der Waals surface area contributed by atoms with Crippen molar-refractivity contribution in [2.75, 3.05) is 0 Å². The third-order valence-corrected chi connectivity index (χ3v) is 2.10. The van der Waals surface area contributed by atoms with E-state index in [2.05, 4.69) is 13.5 Å². The molecule has 0 heterocycles. The van der Waals surface area contributed by atoms with Crippen LogP contribution in [0.25, 0.3) is 5.57 Å². The SMILES string of the molecule is C=C(C(=O)O)c1ccc(CCC)cc1. The monoisotopic (exact) mass is 190 g/mol. The molecule has 0 unspecified atom stereocenters. The number of benzene rings is 1. The van der Waals surface area contributed by atoms with E-state index < -0.39 is 5.97 Å². The molecule has 1 aromatic rings. The molecule has 74 valence electrons. The third-order valence-electron chi connectivity index (χ3n) is 2.10. The normalized spacial score (nSPS) is 9.79. The Morgan fingerprint density at radius 3 is 2.36 bits per heavy atom. The standard InChI is InChI=1S/C12H14O2/c1-3-4-10-5-7-11(8-6-10)9(2)12(13)14/h5-8H,2-4H2,1H3,(H,13,14). The molecule has 2 heteroatoms. The lowest BCUT2D eigenvalue weighted by molar-refractivity contribution is -0.130. The predicted molar refractivity (Wildman–Crippen MR) is 57.1 cm³/mol. The van der Waals surface area contributed by atoms with E-state index in [1.807, 2.05) is 12.1 Å². The topological polar surface area (TPSA) is 37.3 Å². The molecular formula is C12H14O2. The lowest BCUT2D eigenvalue weighted by Gasteiger charge is -2.02. The molecule has 0 bridgehead atoms. The zero-order valence-corrected chi connectivity index (χ0v) is 8.29. The number of carbonyl (C=O) groups is 1. The van der Waals surface area contributed by atoms with Gasteiger partial charge in [-0.05, 0) is 17.5 Å². The van der Waals surface area contributed by atoms with Crippen LogP contribution in [-0.4, -0.2) is 11.1 Å². The summed E-state index contributed by atoms with van der Waals surface area (Å²) in [5.74, 6) is -0.965. The number of aliphatic carboxylic acids is 1. The lowest BCUT2D eigenvalue weighted by Crippen LogP contribution is -1.97. The first kappa shape index (κ1) is 10.5. The molecule has 0 atom stereocenters. The van der Waals surface area contributed by atoms with Crippen molar-refractivity contribution < 1.29 is 9.90 Å². The third kappa shape index (κ3) is 2.46. The first-order valence-corrected chi connectivity index (χ1v) is 4.66. The van der Waals surface area contributed by atoms with Crippen LogP contribution in [-0.2, 0) is 11.2 Å². The fraction of sp³-hybridized carbons (Fsp3) is 0.250. The van der Waals surface area contributed by atoms with Gasteiger partial charge in [0.1, 0.15) is 0 Å². The molecule has 0 aliphatic heterocycles. The Morgan fingerprint density at radius 1 is 1.36 bits per heavy atom. The average Bonchev–Trinajstić information content (AvgIpc) is 2.18. The van der Waals surface area contributed by atoms with Crippen molar-refractivity contribution in [3.63, 3.8) is 0 Å². The second-order valence-corrected chi connectivity index (χ2v) is 3.23. The zero-order valence-electron chi connectivity index (χ0n) is 8.29. The molecule has 0 saturated carbocycles. The van der Waals surface area contributed by atoms with Gasteiger partial charge in [-0.15, -0.1) is 0 Å². The van der Waals surface area contributed by atoms with Gasteiger partial charge in [-0.3, -0.25) is 0 Å². The minimum absolute atomic E-state index is 0.146. The Kier molecular flexibility index (Phi) is 3.46. The van der Waals surface area contributed by atoms with Gasteiger partial charge in [0, 0.05) is 0 Å². The first-order chi connectivity index (χ1) is 6.65. The lowest BCUT2D eigenvalue weighted by atomic mass is 10.0. The van der Waals surface area contributed by atoms with Crippen LogP contribution >= 0.6 is 0 Å². The summed E-state index contributed by atoms with van der Waals surface area (Å²) in [5.41, 5.74) is 2.06. The van der Waals surface area contributed by atoms with Crippen LogP contribution in [0.3, 0.4) is 0 Å². The maximum absolute atomic E-state index is 10.6. The molecule has 0 aliphatic rings. The molecule has 1 N–H and O–H groups in total. The van der Waals surface area contributed by atoms with Gasteiger partial charge in [0.15, 0.2) is 0 Å².